The van der Waals surface area contributed by atoms with Gasteiger partial charge in [-0.1, -0.05) is 30.3 Å². The number of amides is 2. The molecule has 1 aromatic carbocycles. The number of carbonyl (C=O) groups excluding carboxylic acids is 1. The predicted octanol–water partition coefficient (Wildman–Crippen LogP) is 5.65. The Balaban J connectivity index is 1.30. The molecule has 2 aliphatic rings. The first-order valence-electron chi connectivity index (χ1n) is 13.4. The fraction of sp³-hybridized carbons (Fsp3) is 0.400. The molecule has 0 unspecified atom stereocenters. The van der Waals surface area contributed by atoms with Crippen LogP contribution in [0.5, 0.6) is 0 Å². The van der Waals surface area contributed by atoms with Crippen molar-refractivity contribution in [3.05, 3.63) is 66.5 Å². The van der Waals surface area contributed by atoms with E-state index in [1.54, 1.807) is 19.4 Å². The first kappa shape index (κ1) is 25.9. The van der Waals surface area contributed by atoms with Gasteiger partial charge in [-0.15, -0.1) is 0 Å². The van der Waals surface area contributed by atoms with Gasteiger partial charge in [0, 0.05) is 48.6 Å². The Bertz CT molecular complexity index is 1280. The van der Waals surface area contributed by atoms with E-state index in [0.717, 1.165) is 66.5 Å². The number of carbonyl (C=O) groups is 2. The Morgan fingerprint density at radius 2 is 1.79 bits per heavy atom. The second-order valence-electron chi connectivity index (χ2n) is 10.7. The number of aromatic nitrogens is 2. The Kier molecular flexibility index (Phi) is 7.42. The predicted molar refractivity (Wildman–Crippen MR) is 147 cm³/mol. The van der Waals surface area contributed by atoms with Crippen LogP contribution in [0.1, 0.15) is 56.9 Å². The van der Waals surface area contributed by atoms with Crippen LogP contribution in [-0.4, -0.2) is 45.1 Å². The summed E-state index contributed by atoms with van der Waals surface area (Å²) in [5.41, 5.74) is 11.1. The molecule has 2 saturated carbocycles. The molecule has 2 amide bonds. The summed E-state index contributed by atoms with van der Waals surface area (Å²) in [5, 5.41) is 12.2. The summed E-state index contributed by atoms with van der Waals surface area (Å²) < 4.78 is 0. The number of benzene rings is 1. The van der Waals surface area contributed by atoms with E-state index in [2.05, 4.69) is 39.6 Å². The zero-order chi connectivity index (χ0) is 26.7. The summed E-state index contributed by atoms with van der Waals surface area (Å²) in [5.74, 6) is 0.652. The number of pyridine rings is 2. The minimum atomic E-state index is -0.901. The third-order valence-electron chi connectivity index (χ3n) is 8.27. The van der Waals surface area contributed by atoms with Gasteiger partial charge in [-0.2, -0.15) is 0 Å². The van der Waals surface area contributed by atoms with Crippen LogP contribution in [0.15, 0.2) is 60.9 Å². The topological polar surface area (TPSA) is 121 Å². The Labute approximate surface area is 223 Å². The molecule has 2 heterocycles. The maximum absolute atomic E-state index is 12.9. The summed E-state index contributed by atoms with van der Waals surface area (Å²) in [6, 6.07) is 16.1. The van der Waals surface area contributed by atoms with E-state index in [1.165, 1.54) is 11.3 Å². The molecule has 38 heavy (non-hydrogen) atoms. The van der Waals surface area contributed by atoms with E-state index in [1.807, 2.05) is 24.3 Å². The monoisotopic (exact) mass is 513 g/mol. The van der Waals surface area contributed by atoms with Crippen molar-refractivity contribution < 1.29 is 14.7 Å². The van der Waals surface area contributed by atoms with Crippen molar-refractivity contribution in [1.82, 2.24) is 14.9 Å². The zero-order valence-electron chi connectivity index (χ0n) is 21.8. The summed E-state index contributed by atoms with van der Waals surface area (Å²) in [7, 11) is 1.62. The second-order valence-corrected chi connectivity index (χ2v) is 10.7. The largest absolute Gasteiger partial charge is 0.465 e. The van der Waals surface area contributed by atoms with Crippen molar-refractivity contribution in [1.29, 1.82) is 0 Å². The molecule has 3 aromatic rings. The lowest BCUT2D eigenvalue weighted by molar-refractivity contribution is -0.117. The van der Waals surface area contributed by atoms with Crippen molar-refractivity contribution in [3.8, 4) is 22.4 Å². The maximum atomic E-state index is 12.9. The molecule has 0 saturated heterocycles. The molecule has 4 N–H and O–H groups in total. The van der Waals surface area contributed by atoms with Crippen molar-refractivity contribution >= 4 is 17.8 Å². The van der Waals surface area contributed by atoms with Crippen molar-refractivity contribution in [2.75, 3.05) is 12.4 Å². The lowest BCUT2D eigenvalue weighted by Gasteiger charge is -2.38. The number of nitrogens with one attached hydrogen (secondary N) is 1. The molecule has 0 spiro atoms. The minimum Gasteiger partial charge on any atom is -0.465 e. The number of nitrogens with zero attached hydrogens (tertiary/aromatic N) is 3. The van der Waals surface area contributed by atoms with Crippen LogP contribution in [0.4, 0.5) is 10.6 Å². The zero-order valence-corrected chi connectivity index (χ0v) is 21.8. The lowest BCUT2D eigenvalue weighted by atomic mass is 9.72. The molecule has 0 bridgehead atoms. The van der Waals surface area contributed by atoms with E-state index < -0.39 is 6.09 Å². The number of hydrogen-bond donors (Lipinski definition) is 3. The molecule has 8 heteroatoms. The number of carboxylic acid groups (broad SMARTS) is 1. The average Bonchev–Trinajstić information content (AvgIpc) is 2.92. The van der Waals surface area contributed by atoms with Crippen molar-refractivity contribution in [2.24, 2.45) is 11.7 Å². The molecule has 0 atom stereocenters. The second kappa shape index (κ2) is 10.9. The summed E-state index contributed by atoms with van der Waals surface area (Å²) >= 11 is 0. The lowest BCUT2D eigenvalue weighted by Crippen LogP contribution is -2.43. The number of hydrogen-bond acceptors (Lipinski definition) is 5. The van der Waals surface area contributed by atoms with Gasteiger partial charge in [-0.3, -0.25) is 9.78 Å². The van der Waals surface area contributed by atoms with Gasteiger partial charge in [0.15, 0.2) is 0 Å². The fourth-order valence-electron chi connectivity index (χ4n) is 5.66. The van der Waals surface area contributed by atoms with Gasteiger partial charge < -0.3 is 21.1 Å². The van der Waals surface area contributed by atoms with Crippen LogP contribution in [0.2, 0.25) is 0 Å². The molecule has 2 aromatic heterocycles. The van der Waals surface area contributed by atoms with E-state index in [0.29, 0.717) is 12.2 Å². The van der Waals surface area contributed by atoms with E-state index in [9.17, 15) is 14.7 Å². The third-order valence-corrected chi connectivity index (χ3v) is 8.27. The fourth-order valence-corrected chi connectivity index (χ4v) is 5.66. The summed E-state index contributed by atoms with van der Waals surface area (Å²) in [6.07, 6.45) is 9.48. The van der Waals surface area contributed by atoms with Crippen LogP contribution in [-0.2, 0) is 10.3 Å². The highest BCUT2D eigenvalue weighted by molar-refractivity contribution is 5.92. The van der Waals surface area contributed by atoms with E-state index >= 15 is 0 Å². The quantitative estimate of drug-likeness (QED) is 0.376. The number of anilines is 1. The van der Waals surface area contributed by atoms with Gasteiger partial charge in [0.1, 0.15) is 5.82 Å². The molecule has 2 fully saturated rings. The first-order chi connectivity index (χ1) is 18.3. The Hall–Kier alpha value is -3.78. The molecule has 2 aliphatic carbocycles. The average molecular weight is 514 g/mol. The highest BCUT2D eigenvalue weighted by atomic mass is 16.4. The maximum Gasteiger partial charge on any atom is 0.407 e. The van der Waals surface area contributed by atoms with Crippen molar-refractivity contribution in [2.45, 2.75) is 62.9 Å². The van der Waals surface area contributed by atoms with Crippen molar-refractivity contribution in [3.63, 3.8) is 0 Å². The molecule has 0 aliphatic heterocycles. The smallest absolute Gasteiger partial charge is 0.407 e. The summed E-state index contributed by atoms with van der Waals surface area (Å²) in [6.45, 7) is 0. The van der Waals surface area contributed by atoms with Gasteiger partial charge in [-0.05, 0) is 80.2 Å². The van der Waals surface area contributed by atoms with Gasteiger partial charge in [0.05, 0.1) is 5.69 Å². The van der Waals surface area contributed by atoms with Crippen LogP contribution >= 0.6 is 0 Å². The Morgan fingerprint density at radius 3 is 2.39 bits per heavy atom. The standard InChI is InChI=1S/C30H35N5O3/c1-35(29(37)38)23-12-6-20(7-13-23)17-28(36)34-27-18-24(26-5-2-3-16-32-26)25(19-33-27)21-8-10-22(11-9-21)30(31)14-4-15-30/h2-3,5,8-11,16,18-20,23H,4,6-7,12-15,17,31H2,1H3,(H,37,38)(H,33,34,36). The molecule has 5 rings (SSSR count). The van der Waals surface area contributed by atoms with Crippen LogP contribution in [0.25, 0.3) is 22.4 Å². The van der Waals surface area contributed by atoms with Gasteiger partial charge in [-0.25, -0.2) is 9.78 Å². The van der Waals surface area contributed by atoms with E-state index in [-0.39, 0.29) is 23.4 Å². The number of nitrogens with two attached hydrogens (primary N) is 1. The summed E-state index contributed by atoms with van der Waals surface area (Å²) in [4.78, 5) is 34.6. The molecular weight excluding hydrogens is 478 g/mol. The van der Waals surface area contributed by atoms with Crippen LogP contribution in [0, 0.1) is 5.92 Å². The normalized spacial score (nSPS) is 20.3. The molecule has 0 radical (unpaired) electrons. The van der Waals surface area contributed by atoms with Gasteiger partial charge in [0.2, 0.25) is 5.91 Å². The van der Waals surface area contributed by atoms with E-state index in [4.69, 9.17) is 5.73 Å². The van der Waals surface area contributed by atoms with Crippen LogP contribution in [0.3, 0.4) is 0 Å². The van der Waals surface area contributed by atoms with Gasteiger partial charge in [0.25, 0.3) is 0 Å². The molecular formula is C30H35N5O3. The highest BCUT2D eigenvalue weighted by Gasteiger charge is 2.34. The van der Waals surface area contributed by atoms with Crippen LogP contribution < -0.4 is 11.1 Å². The minimum absolute atomic E-state index is 0.0279. The Morgan fingerprint density at radius 1 is 1.05 bits per heavy atom. The molecule has 8 nitrogen and oxygen atoms in total. The SMILES string of the molecule is CN(C(=O)O)C1CCC(CC(=O)Nc2cc(-c3ccccn3)c(-c3ccc(C4(N)CCC4)cc3)cn2)CC1. The number of rotatable bonds is 7. The molecule has 198 valence electrons. The first-order valence-corrected chi connectivity index (χ1v) is 13.4. The third kappa shape index (κ3) is 5.55. The van der Waals surface area contributed by atoms with Gasteiger partial charge >= 0.3 is 6.09 Å². The highest BCUT2D eigenvalue weighted by Crippen LogP contribution is 2.40.